The minimum Gasteiger partial charge on any atom is -0.449 e. The van der Waals surface area contributed by atoms with Gasteiger partial charge in [0, 0.05) is 47.5 Å². The number of rotatable bonds is 30. The Labute approximate surface area is 546 Å². The Hall–Kier alpha value is -6.24. The number of primary amides is 1. The minimum absolute atomic E-state index is 0.0400. The molecule has 5 aliphatic rings. The van der Waals surface area contributed by atoms with Crippen LogP contribution in [0, 0.1) is 34.5 Å². The number of esters is 1. The average Bonchev–Trinajstić information content (AvgIpc) is 1.62. The van der Waals surface area contributed by atoms with Crippen molar-refractivity contribution in [3.05, 3.63) is 94.8 Å². The van der Waals surface area contributed by atoms with Gasteiger partial charge in [-0.15, -0.1) is 5.10 Å². The van der Waals surface area contributed by atoms with E-state index in [9.17, 15) is 52.5 Å². The summed E-state index contributed by atoms with van der Waals surface area (Å²) in [6, 6.07) is 10.5. The molecule has 3 fully saturated rings. The van der Waals surface area contributed by atoms with Gasteiger partial charge in [-0.2, -0.15) is 0 Å². The molecule has 0 spiro atoms. The number of hydrogen-bond donors (Lipinski definition) is 7. The molecule has 1 aromatic heterocycles. The van der Waals surface area contributed by atoms with Crippen molar-refractivity contribution < 1.29 is 75.3 Å². The highest BCUT2D eigenvalue weighted by molar-refractivity contribution is 8.13. The number of aliphatic hydroxyl groups is 1. The molecule has 3 aromatic rings. The van der Waals surface area contributed by atoms with Crippen LogP contribution >= 0.6 is 19.4 Å². The molecular weight excluding hydrogens is 1240 g/mol. The van der Waals surface area contributed by atoms with E-state index in [2.05, 4.69) is 50.6 Å². The van der Waals surface area contributed by atoms with Crippen LogP contribution < -0.4 is 27.0 Å². The molecule has 0 radical (unpaired) electrons. The third kappa shape index (κ3) is 16.4. The first kappa shape index (κ1) is 72.6. The van der Waals surface area contributed by atoms with Crippen LogP contribution in [0.5, 0.6) is 0 Å². The predicted octanol–water partition coefficient (Wildman–Crippen LogP) is 10.2. The molecule has 2 aromatic carbocycles. The van der Waals surface area contributed by atoms with Gasteiger partial charge in [-0.05, 0) is 154 Å². The van der Waals surface area contributed by atoms with E-state index >= 15 is 8.78 Å². The molecule has 26 heteroatoms. The highest BCUT2D eigenvalue weighted by Gasteiger charge is 2.78. The van der Waals surface area contributed by atoms with E-state index in [1.54, 1.807) is 52.0 Å². The Bertz CT molecular complexity index is 3280. The smallest absolute Gasteiger partial charge is 0.328 e. The number of ketones is 1. The van der Waals surface area contributed by atoms with Gasteiger partial charge in [-0.25, -0.2) is 22.6 Å². The zero-order valence-corrected chi connectivity index (χ0v) is 55.8. The summed E-state index contributed by atoms with van der Waals surface area (Å²) in [5.41, 5.74) is 2.42. The lowest BCUT2D eigenvalue weighted by Crippen LogP contribution is -2.70. The van der Waals surface area contributed by atoms with Crippen LogP contribution in [0.25, 0.3) is 5.69 Å². The molecule has 1 heterocycles. The van der Waals surface area contributed by atoms with E-state index in [1.165, 1.54) is 24.6 Å². The minimum atomic E-state index is -4.03. The van der Waals surface area contributed by atoms with Crippen LogP contribution in [0.4, 0.5) is 23.7 Å². The van der Waals surface area contributed by atoms with E-state index in [-0.39, 0.29) is 70.0 Å². The maximum Gasteiger partial charge on any atom is 0.328 e. The summed E-state index contributed by atoms with van der Waals surface area (Å²) in [6.45, 7) is 9.98. The molecule has 0 bridgehead atoms. The van der Waals surface area contributed by atoms with E-state index in [0.29, 0.717) is 73.7 Å². The Morgan fingerprint density at radius 2 is 1.61 bits per heavy atom. The van der Waals surface area contributed by atoms with Crippen molar-refractivity contribution in [2.45, 2.75) is 205 Å². The van der Waals surface area contributed by atoms with Crippen molar-refractivity contribution >= 4 is 65.7 Å². The van der Waals surface area contributed by atoms with Crippen molar-refractivity contribution in [3.63, 3.8) is 0 Å². The van der Waals surface area contributed by atoms with Crippen molar-refractivity contribution in [2.24, 2.45) is 40.2 Å². The molecule has 3 saturated carbocycles. The number of benzene rings is 2. The SMILES string of the molecule is CCc1ccc(-n2nnc3c2CCCCCC3OCC(=O)N[C@H](C(=O)N[C@@H](CCCNC(N)=O)C(=O)Nc2ccc(COP(=O)(O)CCCCCCCCC(=O)O[C@]3(C(=O)SCF)[C@H](C)C[C@H]4[C@@H]5C[C@H](F)C6=CC(=O)C=C[C@]6(C)[C@@]5(F)[C@@H](O)C[C@@]43C)cc2)C(C)C)cc1. The first-order chi connectivity index (χ1) is 44.2. The maximum absolute atomic E-state index is 17.8. The van der Waals surface area contributed by atoms with Gasteiger partial charge in [-0.3, -0.25) is 33.3 Å². The van der Waals surface area contributed by atoms with Crippen LogP contribution in [0.15, 0.2) is 72.3 Å². The van der Waals surface area contributed by atoms with Gasteiger partial charge in [-0.1, -0.05) is 109 Å². The fraction of sp³-hybridized carbons (Fsp3) is 0.627. The highest BCUT2D eigenvalue weighted by atomic mass is 32.2. The number of thioether (sulfide) groups is 1. The third-order valence-electron chi connectivity index (χ3n) is 20.0. The van der Waals surface area contributed by atoms with Crippen LogP contribution in [-0.2, 0) is 66.8 Å². The standard InChI is InChI=1S/C67H92F3N8O13PS/c1-7-43-24-28-46(29-25-43)78-53-19-13-12-14-20-54(59(53)76-77-78)89-39-56(81)75-58(41(2)3)61(84)74-52(18-17-32-72-63(71)86)60(83)73-45-26-22-44(23-27-45)38-90-92(87,88)33-16-11-9-8-10-15-21-57(82)91-67(62(85)93-40-68)42(4)34-48-49-36-51(69)50-35-47(79)30-31-64(50,5)66(49,70)55(80)37-65(48,67)6/h22-31,35,41-42,48-49,51-52,54-55,58,80H,7-21,32-34,36-40H2,1-6H3,(H,73,83)(H,74,84)(H,75,81)(H,87,88)(H3,71,72,86)/t42-,48+,49+,51+,52+,54?,55+,58+,64+,65+,66+,67+/m1/s1. The lowest BCUT2D eigenvalue weighted by Gasteiger charge is -2.63. The number of halogens is 3. The van der Waals surface area contributed by atoms with Gasteiger partial charge in [0.2, 0.25) is 22.8 Å². The van der Waals surface area contributed by atoms with E-state index in [0.717, 1.165) is 49.6 Å². The van der Waals surface area contributed by atoms with Gasteiger partial charge in [0.05, 0.1) is 24.1 Å². The van der Waals surface area contributed by atoms with Crippen molar-refractivity contribution in [3.8, 4) is 5.69 Å². The summed E-state index contributed by atoms with van der Waals surface area (Å²) in [5.74, 6) is -5.90. The fourth-order valence-corrected chi connectivity index (χ4v) is 16.9. The molecule has 5 aliphatic carbocycles. The molecule has 21 nitrogen and oxygen atoms in total. The molecular formula is C67H92F3N8O13PS. The number of aryl methyl sites for hydroxylation is 1. The quantitative estimate of drug-likeness (QED) is 0.0185. The first-order valence-electron chi connectivity index (χ1n) is 32.8. The number of allylic oxidation sites excluding steroid dienone is 4. The second kappa shape index (κ2) is 31.5. The number of alkyl halides is 3. The number of carbonyl (C=O) groups excluding carboxylic acids is 7. The van der Waals surface area contributed by atoms with Crippen LogP contribution in [0.3, 0.4) is 0 Å². The summed E-state index contributed by atoms with van der Waals surface area (Å²) in [6.07, 6.45) is 7.57. The Morgan fingerprint density at radius 3 is 2.30 bits per heavy atom. The van der Waals surface area contributed by atoms with Gasteiger partial charge in [0.15, 0.2) is 17.1 Å². The number of nitrogens with one attached hydrogen (secondary N) is 4. The largest absolute Gasteiger partial charge is 0.449 e. The number of unbranched alkanes of at least 4 members (excludes halogenated alkanes) is 5. The number of aliphatic hydroxyl groups excluding tert-OH is 1. The number of anilines is 1. The monoisotopic (exact) mass is 1340 g/mol. The maximum atomic E-state index is 17.8. The van der Waals surface area contributed by atoms with Crippen LogP contribution in [0.2, 0.25) is 0 Å². The molecule has 5 amide bonds. The van der Waals surface area contributed by atoms with Crippen molar-refractivity contribution in [1.29, 1.82) is 0 Å². The van der Waals surface area contributed by atoms with Gasteiger partial charge in [0.1, 0.15) is 42.7 Å². The molecule has 0 aliphatic heterocycles. The van der Waals surface area contributed by atoms with Crippen molar-refractivity contribution in [2.75, 3.05) is 30.6 Å². The summed E-state index contributed by atoms with van der Waals surface area (Å²) >= 11 is 0.349. The first-order valence-corrected chi connectivity index (χ1v) is 35.5. The molecule has 510 valence electrons. The second-order valence-electron chi connectivity index (χ2n) is 26.5. The normalized spacial score (nSPS) is 27.7. The molecule has 93 heavy (non-hydrogen) atoms. The van der Waals surface area contributed by atoms with Gasteiger partial charge in [0.25, 0.3) is 0 Å². The topological polar surface area (TPSA) is 310 Å². The van der Waals surface area contributed by atoms with E-state index < -0.39 is 130 Å². The number of urea groups is 1. The number of aromatic nitrogens is 3. The molecule has 2 unspecified atom stereocenters. The fourth-order valence-electron chi connectivity index (χ4n) is 15.0. The van der Waals surface area contributed by atoms with E-state index in [4.69, 9.17) is 19.7 Å². The molecule has 8 rings (SSSR count). The lowest BCUT2D eigenvalue weighted by molar-refractivity contribution is -0.228. The van der Waals surface area contributed by atoms with Gasteiger partial charge < -0.3 is 51.0 Å². The third-order valence-corrected chi connectivity index (χ3v) is 22.1. The number of carbonyl (C=O) groups is 7. The lowest BCUT2D eigenvalue weighted by atomic mass is 9.44. The Balaban J connectivity index is 0.769. The van der Waals surface area contributed by atoms with Gasteiger partial charge >= 0.3 is 19.6 Å². The number of ether oxygens (including phenoxy) is 2. The zero-order chi connectivity index (χ0) is 67.5. The second-order valence-corrected chi connectivity index (χ2v) is 29.3. The molecule has 8 N–H and O–H groups in total. The summed E-state index contributed by atoms with van der Waals surface area (Å²) in [4.78, 5) is 104. The number of amides is 5. The number of fused-ring (bicyclic) bond motifs is 6. The average molecular weight is 1340 g/mol. The number of nitrogens with zero attached hydrogens (tertiary/aromatic N) is 3. The number of hydrogen-bond acceptors (Lipinski definition) is 15. The van der Waals surface area contributed by atoms with Crippen LogP contribution in [-0.4, -0.2) is 127 Å². The summed E-state index contributed by atoms with van der Waals surface area (Å²) < 4.78 is 80.6. The summed E-state index contributed by atoms with van der Waals surface area (Å²) in [5, 5.41) is 30.9. The van der Waals surface area contributed by atoms with Crippen molar-refractivity contribution in [1.82, 2.24) is 30.9 Å². The molecule has 13 atom stereocenters. The van der Waals surface area contributed by atoms with E-state index in [1.807, 2.05) is 16.8 Å². The zero-order valence-electron chi connectivity index (χ0n) is 54.1. The summed E-state index contributed by atoms with van der Waals surface area (Å²) in [7, 11) is -4.03. The van der Waals surface area contributed by atoms with Crippen LogP contribution in [0.1, 0.15) is 173 Å². The molecule has 0 saturated heterocycles. The Kier molecular flexibility index (Phi) is 24.6. The number of nitrogens with two attached hydrogens (primary N) is 1. The predicted molar refractivity (Wildman–Crippen MR) is 345 cm³/mol. The Morgan fingerprint density at radius 1 is 0.914 bits per heavy atom. The highest BCUT2D eigenvalue weighted by Crippen LogP contribution is 2.72.